The summed E-state index contributed by atoms with van der Waals surface area (Å²) in [4.78, 5) is 4.63. The molecular weight excluding hydrogens is 412 g/mol. The number of rotatable bonds is 5. The van der Waals surface area contributed by atoms with Gasteiger partial charge in [0.15, 0.2) is 0 Å². The van der Waals surface area contributed by atoms with Gasteiger partial charge in [0.25, 0.3) is 0 Å². The van der Waals surface area contributed by atoms with E-state index >= 15 is 0 Å². The van der Waals surface area contributed by atoms with Crippen LogP contribution in [0.4, 0.5) is 23.2 Å². The molecule has 8 heteroatoms. The van der Waals surface area contributed by atoms with Crippen LogP contribution in [0.2, 0.25) is 5.02 Å². The fourth-order valence-corrected chi connectivity index (χ4v) is 4.25. The molecule has 2 aromatic carbocycles. The van der Waals surface area contributed by atoms with Crippen LogP contribution in [-0.2, 0) is 6.54 Å². The summed E-state index contributed by atoms with van der Waals surface area (Å²) in [5.41, 5.74) is 2.01. The van der Waals surface area contributed by atoms with Crippen molar-refractivity contribution >= 4 is 29.1 Å². The van der Waals surface area contributed by atoms with Gasteiger partial charge in [-0.3, -0.25) is 4.90 Å². The van der Waals surface area contributed by atoms with E-state index in [-0.39, 0.29) is 0 Å². The molecule has 0 spiro atoms. The lowest BCUT2D eigenvalue weighted by Crippen LogP contribution is -2.46. The topological polar surface area (TPSA) is 6.48 Å². The van der Waals surface area contributed by atoms with Crippen LogP contribution >= 0.6 is 23.4 Å². The van der Waals surface area contributed by atoms with E-state index in [9.17, 15) is 17.6 Å². The van der Waals surface area contributed by atoms with Crippen LogP contribution in [0, 0.1) is 12.7 Å². The Bertz CT molecular complexity index is 820. The van der Waals surface area contributed by atoms with Crippen molar-refractivity contribution in [1.29, 1.82) is 0 Å². The molecule has 0 radical (unpaired) electrons. The highest BCUT2D eigenvalue weighted by molar-refractivity contribution is 7.99. The Hall–Kier alpha value is -1.44. The van der Waals surface area contributed by atoms with Crippen molar-refractivity contribution in [2.24, 2.45) is 0 Å². The molecule has 1 aliphatic heterocycles. The maximum absolute atomic E-state index is 14.5. The number of anilines is 1. The molecule has 0 aromatic heterocycles. The molecule has 0 aliphatic carbocycles. The van der Waals surface area contributed by atoms with Crippen molar-refractivity contribution in [1.82, 2.24) is 4.90 Å². The van der Waals surface area contributed by atoms with Crippen LogP contribution in [0.3, 0.4) is 0 Å². The fourth-order valence-electron chi connectivity index (χ4n) is 3.24. The molecule has 0 N–H and O–H groups in total. The number of benzene rings is 2. The highest BCUT2D eigenvalue weighted by atomic mass is 35.5. The van der Waals surface area contributed by atoms with Crippen molar-refractivity contribution in [2.45, 2.75) is 24.5 Å². The van der Waals surface area contributed by atoms with Gasteiger partial charge in [0.05, 0.1) is 11.4 Å². The Balaban J connectivity index is 1.64. The first-order valence-electron chi connectivity index (χ1n) is 8.93. The zero-order valence-corrected chi connectivity index (χ0v) is 17.0. The average molecular weight is 433 g/mol. The van der Waals surface area contributed by atoms with Gasteiger partial charge in [-0.1, -0.05) is 23.7 Å². The Kier molecular flexibility index (Phi) is 6.78. The fraction of sp³-hybridized carbons (Fsp3) is 0.400. The van der Waals surface area contributed by atoms with Gasteiger partial charge in [-0.2, -0.15) is 13.2 Å². The second-order valence-electron chi connectivity index (χ2n) is 6.87. The Labute approximate surface area is 171 Å². The van der Waals surface area contributed by atoms with E-state index in [0.717, 1.165) is 25.2 Å². The number of halogens is 5. The van der Waals surface area contributed by atoms with Gasteiger partial charge in [-0.25, -0.2) is 4.39 Å². The molecule has 3 rings (SSSR count). The highest BCUT2D eigenvalue weighted by Crippen LogP contribution is 2.34. The molecule has 152 valence electrons. The number of thioether (sulfide) groups is 1. The number of nitrogens with zero attached hydrogens (tertiary/aromatic N) is 2. The minimum atomic E-state index is -4.25. The zero-order valence-electron chi connectivity index (χ0n) is 15.4. The van der Waals surface area contributed by atoms with Crippen molar-refractivity contribution in [3.05, 3.63) is 58.4 Å². The summed E-state index contributed by atoms with van der Waals surface area (Å²) in [6, 6.07) is 10.6. The summed E-state index contributed by atoms with van der Waals surface area (Å²) in [5.74, 6) is -1.37. The van der Waals surface area contributed by atoms with Crippen LogP contribution in [0.15, 0.2) is 41.3 Å². The van der Waals surface area contributed by atoms with Crippen molar-refractivity contribution in [3.63, 3.8) is 0 Å². The lowest BCUT2D eigenvalue weighted by molar-refractivity contribution is -0.105. The molecule has 2 aromatic rings. The Morgan fingerprint density at radius 1 is 1.07 bits per heavy atom. The van der Waals surface area contributed by atoms with Crippen molar-refractivity contribution in [3.8, 4) is 0 Å². The molecule has 0 saturated carbocycles. The van der Waals surface area contributed by atoms with Crippen LogP contribution < -0.4 is 4.90 Å². The molecule has 0 bridgehead atoms. The molecule has 1 saturated heterocycles. The number of hydrogen-bond acceptors (Lipinski definition) is 3. The second-order valence-corrected chi connectivity index (χ2v) is 8.32. The molecule has 1 heterocycles. The average Bonchev–Trinajstić information content (AvgIpc) is 2.61. The van der Waals surface area contributed by atoms with E-state index in [1.165, 1.54) is 6.07 Å². The molecule has 28 heavy (non-hydrogen) atoms. The molecular formula is C20H21ClF4N2S. The third kappa shape index (κ3) is 5.78. The number of aryl methyl sites for hydroxylation is 1. The first-order valence-corrected chi connectivity index (χ1v) is 10.3. The van der Waals surface area contributed by atoms with E-state index in [2.05, 4.69) is 4.90 Å². The van der Waals surface area contributed by atoms with Crippen LogP contribution in [-0.4, -0.2) is 43.0 Å². The van der Waals surface area contributed by atoms with Gasteiger partial charge in [-0.05, 0) is 42.3 Å². The van der Waals surface area contributed by atoms with Gasteiger partial charge in [0.2, 0.25) is 0 Å². The summed E-state index contributed by atoms with van der Waals surface area (Å²) in [6.45, 7) is 5.11. The van der Waals surface area contributed by atoms with Gasteiger partial charge >= 0.3 is 6.18 Å². The summed E-state index contributed by atoms with van der Waals surface area (Å²) in [5, 5.41) is 0.696. The lowest BCUT2D eigenvalue weighted by atomic mass is 10.1. The predicted octanol–water partition coefficient (Wildman–Crippen LogP) is 5.76. The first kappa shape index (κ1) is 21.3. The van der Waals surface area contributed by atoms with Gasteiger partial charge in [0, 0.05) is 42.6 Å². The minimum Gasteiger partial charge on any atom is -0.367 e. The SMILES string of the molecule is Cc1cc(F)c(N2CCN(Cc3cccc(Cl)c3)CC2)cc1SCC(F)(F)F. The van der Waals surface area contributed by atoms with Crippen LogP contribution in [0.25, 0.3) is 0 Å². The number of hydrogen-bond donors (Lipinski definition) is 0. The maximum atomic E-state index is 14.5. The summed E-state index contributed by atoms with van der Waals surface area (Å²) >= 11 is 6.73. The molecule has 0 unspecified atom stereocenters. The summed E-state index contributed by atoms with van der Waals surface area (Å²) < 4.78 is 52.1. The number of alkyl halides is 3. The lowest BCUT2D eigenvalue weighted by Gasteiger charge is -2.36. The Morgan fingerprint density at radius 3 is 2.43 bits per heavy atom. The van der Waals surface area contributed by atoms with E-state index in [1.54, 1.807) is 13.0 Å². The molecule has 0 atom stereocenters. The molecule has 1 fully saturated rings. The summed E-state index contributed by atoms with van der Waals surface area (Å²) in [6.07, 6.45) is -4.25. The Morgan fingerprint density at radius 2 is 1.79 bits per heavy atom. The quantitative estimate of drug-likeness (QED) is 0.438. The van der Waals surface area contributed by atoms with Crippen molar-refractivity contribution < 1.29 is 17.6 Å². The zero-order chi connectivity index (χ0) is 20.3. The minimum absolute atomic E-state index is 0.373. The highest BCUT2D eigenvalue weighted by Gasteiger charge is 2.28. The van der Waals surface area contributed by atoms with Gasteiger partial charge in [-0.15, -0.1) is 11.8 Å². The predicted molar refractivity (Wildman–Crippen MR) is 107 cm³/mol. The third-order valence-electron chi connectivity index (χ3n) is 4.64. The normalized spacial score (nSPS) is 15.9. The van der Waals surface area contributed by atoms with E-state index in [1.807, 2.05) is 29.2 Å². The van der Waals surface area contributed by atoms with E-state index < -0.39 is 17.7 Å². The van der Waals surface area contributed by atoms with Crippen LogP contribution in [0.5, 0.6) is 0 Å². The largest absolute Gasteiger partial charge is 0.398 e. The number of piperazine rings is 1. The maximum Gasteiger partial charge on any atom is 0.398 e. The monoisotopic (exact) mass is 432 g/mol. The van der Waals surface area contributed by atoms with Crippen molar-refractivity contribution in [2.75, 3.05) is 36.8 Å². The van der Waals surface area contributed by atoms with E-state index in [0.29, 0.717) is 46.0 Å². The molecule has 0 amide bonds. The smallest absolute Gasteiger partial charge is 0.367 e. The van der Waals surface area contributed by atoms with Gasteiger partial charge in [0.1, 0.15) is 5.82 Å². The first-order chi connectivity index (χ1) is 13.2. The van der Waals surface area contributed by atoms with Crippen LogP contribution in [0.1, 0.15) is 11.1 Å². The van der Waals surface area contributed by atoms with Gasteiger partial charge < -0.3 is 4.90 Å². The second kappa shape index (κ2) is 8.93. The standard InChI is InChI=1S/C20H21ClF4N2S/c1-14-9-17(22)18(11-19(14)28-13-20(23,24)25)27-7-5-26(6-8-27)12-15-3-2-4-16(21)10-15/h2-4,9-11H,5-8,12-13H2,1H3. The van der Waals surface area contributed by atoms with E-state index in [4.69, 9.17) is 11.6 Å². The third-order valence-corrected chi connectivity index (χ3v) is 6.10. The molecule has 1 aliphatic rings. The molecule has 2 nitrogen and oxygen atoms in total. The summed E-state index contributed by atoms with van der Waals surface area (Å²) in [7, 11) is 0.